The number of aromatic carboxylic acids is 1. The van der Waals surface area contributed by atoms with E-state index in [0.717, 1.165) is 27.7 Å². The third-order valence-electron chi connectivity index (χ3n) is 3.55. The maximum Gasteiger partial charge on any atom is 0.357 e. The number of anilines is 1. The van der Waals surface area contributed by atoms with Crippen LogP contribution in [0.25, 0.3) is 0 Å². The van der Waals surface area contributed by atoms with Crippen LogP contribution in [0.1, 0.15) is 47.1 Å². The van der Waals surface area contributed by atoms with Crippen molar-refractivity contribution in [3.05, 3.63) is 40.4 Å². The number of carbonyl (C=O) groups is 2. The molecule has 0 saturated heterocycles. The van der Waals surface area contributed by atoms with Crippen molar-refractivity contribution in [3.8, 4) is 5.75 Å². The number of ether oxygens (including phenoxy) is 1. The molecule has 7 heteroatoms. The van der Waals surface area contributed by atoms with Crippen LogP contribution in [0.15, 0.2) is 24.3 Å². The highest BCUT2D eigenvalue weighted by molar-refractivity contribution is 7.06. The van der Waals surface area contributed by atoms with Crippen LogP contribution < -0.4 is 10.1 Å². The lowest BCUT2D eigenvalue weighted by molar-refractivity contribution is -0.116. The van der Waals surface area contributed by atoms with Crippen LogP contribution in [0.2, 0.25) is 0 Å². The molecule has 1 amide bonds. The highest BCUT2D eigenvalue weighted by Gasteiger charge is 2.33. The number of rotatable bonds is 4. The number of carbonyl (C=O) groups excluding carboxylic acids is 1. The molecular weight excluding hydrogens is 316 g/mol. The summed E-state index contributed by atoms with van der Waals surface area (Å²) in [6.07, 6.45) is 0.367. The second-order valence-corrected chi connectivity index (χ2v) is 6.42. The predicted octanol–water partition coefficient (Wildman–Crippen LogP) is 3.10. The summed E-state index contributed by atoms with van der Waals surface area (Å²) in [5, 5.41) is 11.8. The van der Waals surface area contributed by atoms with Crippen LogP contribution in [0, 0.1) is 0 Å². The van der Waals surface area contributed by atoms with Gasteiger partial charge < -0.3 is 15.2 Å². The fraction of sp³-hybridized carbons (Fsp3) is 0.312. The Bertz CT molecular complexity index is 752. The molecule has 1 aliphatic rings. The number of carboxylic acids is 1. The summed E-state index contributed by atoms with van der Waals surface area (Å²) in [6.45, 7) is 3.91. The van der Waals surface area contributed by atoms with Gasteiger partial charge in [-0.15, -0.1) is 0 Å². The topological polar surface area (TPSA) is 88.5 Å². The summed E-state index contributed by atoms with van der Waals surface area (Å²) >= 11 is 1.12. The standard InChI is InChI=1S/C16H16N2O4S/c1-8(2)22-10-5-3-9(4-6-10)11-7-12(19)17-13-14(16(20)21)18-23-15(11)13/h3-6,8,11H,7H2,1-2H3,(H,17,19)(H,20,21). The lowest BCUT2D eigenvalue weighted by Gasteiger charge is -2.22. The van der Waals surface area contributed by atoms with Crippen molar-refractivity contribution in [1.29, 1.82) is 0 Å². The highest BCUT2D eigenvalue weighted by atomic mass is 32.1. The average Bonchev–Trinajstić information content (AvgIpc) is 2.90. The zero-order valence-electron chi connectivity index (χ0n) is 12.7. The summed E-state index contributed by atoms with van der Waals surface area (Å²) < 4.78 is 9.58. The van der Waals surface area contributed by atoms with Crippen molar-refractivity contribution in [1.82, 2.24) is 4.37 Å². The monoisotopic (exact) mass is 332 g/mol. The molecule has 1 aliphatic heterocycles. The molecule has 2 aromatic rings. The first-order valence-electron chi connectivity index (χ1n) is 7.25. The number of benzene rings is 1. The quantitative estimate of drug-likeness (QED) is 0.898. The number of nitrogens with zero attached hydrogens (tertiary/aromatic N) is 1. The first kappa shape index (κ1) is 15.5. The molecule has 2 heterocycles. The minimum Gasteiger partial charge on any atom is -0.491 e. The second-order valence-electron chi connectivity index (χ2n) is 5.62. The van der Waals surface area contributed by atoms with Crippen molar-refractivity contribution >= 4 is 29.1 Å². The molecule has 0 saturated carbocycles. The second kappa shape index (κ2) is 6.00. The van der Waals surface area contributed by atoms with Crippen molar-refractivity contribution < 1.29 is 19.4 Å². The van der Waals surface area contributed by atoms with Gasteiger partial charge in [0, 0.05) is 12.3 Å². The molecule has 1 aromatic heterocycles. The molecule has 1 unspecified atom stereocenters. The minimum atomic E-state index is -1.14. The van der Waals surface area contributed by atoms with E-state index >= 15 is 0 Å². The summed E-state index contributed by atoms with van der Waals surface area (Å²) in [4.78, 5) is 23.9. The Morgan fingerprint density at radius 2 is 2.09 bits per heavy atom. The van der Waals surface area contributed by atoms with E-state index in [4.69, 9.17) is 9.84 Å². The van der Waals surface area contributed by atoms with E-state index in [2.05, 4.69) is 9.69 Å². The van der Waals surface area contributed by atoms with Crippen LogP contribution in [-0.2, 0) is 4.79 Å². The van der Waals surface area contributed by atoms with E-state index in [1.54, 1.807) is 0 Å². The molecule has 2 N–H and O–H groups in total. The van der Waals surface area contributed by atoms with E-state index in [1.807, 2.05) is 38.1 Å². The van der Waals surface area contributed by atoms with Gasteiger partial charge in [0.1, 0.15) is 5.75 Å². The van der Waals surface area contributed by atoms with Crippen LogP contribution >= 0.6 is 11.5 Å². The Kier molecular flexibility index (Phi) is 4.04. The van der Waals surface area contributed by atoms with Gasteiger partial charge in [0.2, 0.25) is 5.91 Å². The summed E-state index contributed by atoms with van der Waals surface area (Å²) in [6, 6.07) is 7.54. The summed E-state index contributed by atoms with van der Waals surface area (Å²) in [5.41, 5.74) is 1.17. The molecule has 0 aliphatic carbocycles. The first-order chi connectivity index (χ1) is 11.0. The molecule has 1 aromatic carbocycles. The number of hydrogen-bond acceptors (Lipinski definition) is 5. The largest absolute Gasteiger partial charge is 0.491 e. The molecule has 1 atom stereocenters. The lowest BCUT2D eigenvalue weighted by Crippen LogP contribution is -2.23. The van der Waals surface area contributed by atoms with Gasteiger partial charge in [-0.25, -0.2) is 4.79 Å². The van der Waals surface area contributed by atoms with E-state index in [-0.39, 0.29) is 30.0 Å². The van der Waals surface area contributed by atoms with Crippen molar-refractivity contribution in [2.45, 2.75) is 32.3 Å². The maximum atomic E-state index is 11.9. The van der Waals surface area contributed by atoms with Gasteiger partial charge in [0.05, 0.1) is 16.7 Å². The number of carboxylic acid groups (broad SMARTS) is 1. The van der Waals surface area contributed by atoms with Gasteiger partial charge in [-0.3, -0.25) is 4.79 Å². The van der Waals surface area contributed by atoms with Gasteiger partial charge in [-0.1, -0.05) is 12.1 Å². The van der Waals surface area contributed by atoms with Crippen LogP contribution in [0.5, 0.6) is 5.75 Å². The smallest absolute Gasteiger partial charge is 0.357 e. The van der Waals surface area contributed by atoms with E-state index < -0.39 is 5.97 Å². The Hall–Kier alpha value is -2.41. The molecule has 0 spiro atoms. The van der Waals surface area contributed by atoms with E-state index in [0.29, 0.717) is 5.69 Å². The first-order valence-corrected chi connectivity index (χ1v) is 8.02. The molecule has 120 valence electrons. The summed E-state index contributed by atoms with van der Waals surface area (Å²) in [7, 11) is 0. The zero-order chi connectivity index (χ0) is 16.6. The SMILES string of the molecule is CC(C)Oc1ccc(C2CC(=O)Nc3c(C(=O)O)nsc32)cc1. The number of nitrogens with one attached hydrogen (secondary N) is 1. The van der Waals surface area contributed by atoms with Crippen molar-refractivity contribution in [2.24, 2.45) is 0 Å². The highest BCUT2D eigenvalue weighted by Crippen LogP contribution is 2.41. The molecule has 23 heavy (non-hydrogen) atoms. The van der Waals surface area contributed by atoms with Gasteiger partial charge >= 0.3 is 5.97 Å². The number of aromatic nitrogens is 1. The lowest BCUT2D eigenvalue weighted by atomic mass is 9.90. The van der Waals surface area contributed by atoms with Crippen LogP contribution in [-0.4, -0.2) is 27.5 Å². The van der Waals surface area contributed by atoms with Gasteiger partial charge in [-0.05, 0) is 43.1 Å². The molecule has 0 bridgehead atoms. The molecule has 6 nitrogen and oxygen atoms in total. The van der Waals surface area contributed by atoms with Crippen LogP contribution in [0.3, 0.4) is 0 Å². The molecule has 0 fully saturated rings. The Balaban J connectivity index is 1.95. The summed E-state index contributed by atoms with van der Waals surface area (Å²) in [5.74, 6) is -0.756. The number of fused-ring (bicyclic) bond motifs is 1. The van der Waals surface area contributed by atoms with Crippen molar-refractivity contribution in [2.75, 3.05) is 5.32 Å². The zero-order valence-corrected chi connectivity index (χ0v) is 13.5. The number of amides is 1. The Morgan fingerprint density at radius 3 is 2.70 bits per heavy atom. The van der Waals surface area contributed by atoms with E-state index in [9.17, 15) is 9.59 Å². The predicted molar refractivity (Wildman–Crippen MR) is 86.4 cm³/mol. The Labute approximate surface area is 137 Å². The maximum absolute atomic E-state index is 11.9. The normalized spacial score (nSPS) is 16.8. The number of hydrogen-bond donors (Lipinski definition) is 2. The average molecular weight is 332 g/mol. The Morgan fingerprint density at radius 1 is 1.39 bits per heavy atom. The van der Waals surface area contributed by atoms with Gasteiger partial charge in [0.25, 0.3) is 0 Å². The van der Waals surface area contributed by atoms with Gasteiger partial charge in [-0.2, -0.15) is 4.37 Å². The van der Waals surface area contributed by atoms with Crippen molar-refractivity contribution in [3.63, 3.8) is 0 Å². The van der Waals surface area contributed by atoms with Gasteiger partial charge in [0.15, 0.2) is 5.69 Å². The molecule has 3 rings (SSSR count). The van der Waals surface area contributed by atoms with Crippen LogP contribution in [0.4, 0.5) is 5.69 Å². The fourth-order valence-corrected chi connectivity index (χ4v) is 3.54. The third kappa shape index (κ3) is 3.05. The van der Waals surface area contributed by atoms with E-state index in [1.165, 1.54) is 0 Å². The third-order valence-corrected chi connectivity index (χ3v) is 4.50. The minimum absolute atomic E-state index is 0.0903. The molecular formula is C16H16N2O4S. The fourth-order valence-electron chi connectivity index (χ4n) is 2.60. The molecule has 0 radical (unpaired) electrons.